The Morgan fingerprint density at radius 3 is 2.42 bits per heavy atom. The summed E-state index contributed by atoms with van der Waals surface area (Å²) in [5, 5.41) is 6.35. The summed E-state index contributed by atoms with van der Waals surface area (Å²) in [4.78, 5) is 29.5. The predicted molar refractivity (Wildman–Crippen MR) is 150 cm³/mol. The van der Waals surface area contributed by atoms with E-state index in [0.717, 1.165) is 74.3 Å². The number of fused-ring (bicyclic) bond motifs is 1. The van der Waals surface area contributed by atoms with Gasteiger partial charge in [0.25, 0.3) is 5.91 Å². The molecular weight excluding hydrogens is 474 g/mol. The first-order chi connectivity index (χ1) is 18.5. The summed E-state index contributed by atoms with van der Waals surface area (Å²) in [6.45, 7) is 5.49. The molecule has 0 radical (unpaired) electrons. The van der Waals surface area contributed by atoms with Crippen LogP contribution in [0.2, 0.25) is 0 Å². The smallest absolute Gasteiger partial charge is 0.253 e. The minimum absolute atomic E-state index is 0.0961. The average molecular weight is 516 g/mol. The van der Waals surface area contributed by atoms with E-state index in [2.05, 4.69) is 39.8 Å². The van der Waals surface area contributed by atoms with Gasteiger partial charge in [0, 0.05) is 44.2 Å². The maximum Gasteiger partial charge on any atom is 0.253 e. The second kappa shape index (κ2) is 10.7. The summed E-state index contributed by atoms with van der Waals surface area (Å²) in [6, 6.07) is 14.5. The third kappa shape index (κ3) is 5.07. The van der Waals surface area contributed by atoms with Crippen molar-refractivity contribution in [2.24, 2.45) is 23.2 Å². The maximum atomic E-state index is 13.7. The van der Waals surface area contributed by atoms with E-state index in [4.69, 9.17) is 4.74 Å². The second-order valence-corrected chi connectivity index (χ2v) is 12.1. The SMILES string of the molecule is CCOCCCNC(=O)c1cc(NC(=O)C23CC4CC(CC(C4)C2)C3)ccc1N1CCc2ccccc2C1. The quantitative estimate of drug-likeness (QED) is 0.429. The number of carbonyl (C=O) groups is 2. The largest absolute Gasteiger partial charge is 0.382 e. The molecule has 4 saturated carbocycles. The third-order valence-electron chi connectivity index (χ3n) is 9.45. The Morgan fingerprint density at radius 2 is 1.71 bits per heavy atom. The fraction of sp³-hybridized carbons (Fsp3) is 0.562. The maximum absolute atomic E-state index is 13.7. The van der Waals surface area contributed by atoms with E-state index in [0.29, 0.717) is 25.3 Å². The highest BCUT2D eigenvalue weighted by Gasteiger charge is 2.54. The number of amides is 2. The molecule has 2 aromatic carbocycles. The summed E-state index contributed by atoms with van der Waals surface area (Å²) in [5.74, 6) is 2.22. The summed E-state index contributed by atoms with van der Waals surface area (Å²) in [5.41, 5.74) is 4.75. The zero-order valence-electron chi connectivity index (χ0n) is 22.6. The second-order valence-electron chi connectivity index (χ2n) is 12.1. The molecule has 2 N–H and O–H groups in total. The third-order valence-corrected chi connectivity index (χ3v) is 9.45. The van der Waals surface area contributed by atoms with Crippen molar-refractivity contribution in [1.82, 2.24) is 5.32 Å². The lowest BCUT2D eigenvalue weighted by Gasteiger charge is -2.55. The van der Waals surface area contributed by atoms with Crippen LogP contribution in [-0.4, -0.2) is 38.1 Å². The molecule has 0 aromatic heterocycles. The zero-order valence-corrected chi connectivity index (χ0v) is 22.6. The minimum atomic E-state index is -0.217. The highest BCUT2D eigenvalue weighted by molar-refractivity contribution is 6.03. The number of nitrogens with zero attached hydrogens (tertiary/aromatic N) is 1. The number of ether oxygens (including phenoxy) is 1. The molecule has 4 fully saturated rings. The summed E-state index contributed by atoms with van der Waals surface area (Å²) < 4.78 is 5.43. The molecule has 5 aliphatic rings. The molecule has 38 heavy (non-hydrogen) atoms. The minimum Gasteiger partial charge on any atom is -0.382 e. The molecule has 2 aromatic rings. The van der Waals surface area contributed by atoms with Gasteiger partial charge in [0.2, 0.25) is 5.91 Å². The van der Waals surface area contributed by atoms with Crippen LogP contribution in [0.15, 0.2) is 42.5 Å². The van der Waals surface area contributed by atoms with Crippen molar-refractivity contribution in [3.05, 3.63) is 59.2 Å². The first kappa shape index (κ1) is 25.4. The lowest BCUT2D eigenvalue weighted by Crippen LogP contribution is -2.51. The van der Waals surface area contributed by atoms with Crippen molar-refractivity contribution in [3.8, 4) is 0 Å². The van der Waals surface area contributed by atoms with Crippen molar-refractivity contribution in [2.75, 3.05) is 36.5 Å². The normalized spacial score (nSPS) is 27.2. The monoisotopic (exact) mass is 515 g/mol. The number of hydrogen-bond donors (Lipinski definition) is 2. The van der Waals surface area contributed by atoms with Gasteiger partial charge in [0.05, 0.1) is 11.0 Å². The van der Waals surface area contributed by atoms with Gasteiger partial charge in [-0.3, -0.25) is 9.59 Å². The summed E-state index contributed by atoms with van der Waals surface area (Å²) in [6.07, 6.45) is 8.76. The van der Waals surface area contributed by atoms with Crippen molar-refractivity contribution in [3.63, 3.8) is 0 Å². The van der Waals surface area contributed by atoms with Gasteiger partial charge in [-0.05, 0) is 105 Å². The molecule has 2 amide bonds. The fourth-order valence-electron chi connectivity index (χ4n) is 8.04. The van der Waals surface area contributed by atoms with Gasteiger partial charge >= 0.3 is 0 Å². The van der Waals surface area contributed by atoms with E-state index in [1.54, 1.807) is 0 Å². The molecule has 6 nitrogen and oxygen atoms in total. The van der Waals surface area contributed by atoms with Gasteiger partial charge < -0.3 is 20.3 Å². The number of carbonyl (C=O) groups excluding carboxylic acids is 2. The lowest BCUT2D eigenvalue weighted by molar-refractivity contribution is -0.140. The van der Waals surface area contributed by atoms with Crippen LogP contribution in [0.5, 0.6) is 0 Å². The van der Waals surface area contributed by atoms with E-state index >= 15 is 0 Å². The van der Waals surface area contributed by atoms with E-state index in [-0.39, 0.29) is 17.2 Å². The molecule has 0 unspecified atom stereocenters. The summed E-state index contributed by atoms with van der Waals surface area (Å²) in [7, 11) is 0. The Bertz CT molecular complexity index is 1160. The van der Waals surface area contributed by atoms with Gasteiger partial charge in [0.1, 0.15) is 0 Å². The zero-order chi connectivity index (χ0) is 26.1. The van der Waals surface area contributed by atoms with Crippen LogP contribution in [0.3, 0.4) is 0 Å². The van der Waals surface area contributed by atoms with E-state index in [1.165, 1.54) is 30.4 Å². The Hall–Kier alpha value is -2.86. The predicted octanol–water partition coefficient (Wildman–Crippen LogP) is 5.56. The van der Waals surface area contributed by atoms with E-state index in [9.17, 15) is 9.59 Å². The molecule has 4 aliphatic carbocycles. The lowest BCUT2D eigenvalue weighted by atomic mass is 9.49. The Kier molecular flexibility index (Phi) is 7.17. The number of nitrogens with one attached hydrogen (secondary N) is 2. The first-order valence-corrected chi connectivity index (χ1v) is 14.7. The molecule has 1 heterocycles. The fourth-order valence-corrected chi connectivity index (χ4v) is 8.04. The van der Waals surface area contributed by atoms with Crippen LogP contribution in [0.25, 0.3) is 0 Å². The molecule has 0 atom stereocenters. The van der Waals surface area contributed by atoms with Crippen LogP contribution in [0.4, 0.5) is 11.4 Å². The Morgan fingerprint density at radius 1 is 1.00 bits per heavy atom. The molecule has 0 saturated heterocycles. The molecule has 4 bridgehead atoms. The van der Waals surface area contributed by atoms with Crippen LogP contribution >= 0.6 is 0 Å². The van der Waals surface area contributed by atoms with Gasteiger partial charge in [-0.15, -0.1) is 0 Å². The van der Waals surface area contributed by atoms with Crippen LogP contribution < -0.4 is 15.5 Å². The number of benzene rings is 2. The Balaban J connectivity index is 1.22. The van der Waals surface area contributed by atoms with Gasteiger partial charge in [-0.2, -0.15) is 0 Å². The summed E-state index contributed by atoms with van der Waals surface area (Å²) >= 11 is 0. The van der Waals surface area contributed by atoms with Gasteiger partial charge in [-0.25, -0.2) is 0 Å². The van der Waals surface area contributed by atoms with Crippen LogP contribution in [-0.2, 0) is 22.5 Å². The molecule has 7 rings (SSSR count). The van der Waals surface area contributed by atoms with E-state index in [1.807, 2.05) is 25.1 Å². The number of hydrogen-bond acceptors (Lipinski definition) is 4. The highest BCUT2D eigenvalue weighted by Crippen LogP contribution is 2.60. The standard InChI is InChI=1S/C32H41N3O3/c1-2-38-13-5-11-33-30(36)28-17-27(8-9-29(28)35-12-10-25-6-3-4-7-26(25)21-35)34-31(37)32-18-22-14-23(19-32)16-24(15-22)20-32/h3-4,6-9,17,22-24H,2,5,10-16,18-21H2,1H3,(H,33,36)(H,34,37). The number of rotatable bonds is 9. The average Bonchev–Trinajstić information content (AvgIpc) is 2.92. The molecule has 0 spiro atoms. The van der Waals surface area contributed by atoms with Gasteiger partial charge in [-0.1, -0.05) is 24.3 Å². The van der Waals surface area contributed by atoms with Crippen molar-refractivity contribution in [1.29, 1.82) is 0 Å². The molecule has 202 valence electrons. The van der Waals surface area contributed by atoms with Crippen LogP contribution in [0, 0.1) is 23.2 Å². The molecule has 6 heteroatoms. The molecular formula is C32H41N3O3. The Labute approximate surface area is 226 Å². The highest BCUT2D eigenvalue weighted by atomic mass is 16.5. The van der Waals surface area contributed by atoms with E-state index < -0.39 is 0 Å². The van der Waals surface area contributed by atoms with Crippen LogP contribution in [0.1, 0.15) is 73.4 Å². The topological polar surface area (TPSA) is 70.7 Å². The van der Waals surface area contributed by atoms with Crippen molar-refractivity contribution >= 4 is 23.2 Å². The van der Waals surface area contributed by atoms with Crippen molar-refractivity contribution < 1.29 is 14.3 Å². The molecule has 1 aliphatic heterocycles. The number of anilines is 2. The van der Waals surface area contributed by atoms with Gasteiger partial charge in [0.15, 0.2) is 0 Å². The van der Waals surface area contributed by atoms with Crippen molar-refractivity contribution in [2.45, 2.75) is 64.8 Å². The first-order valence-electron chi connectivity index (χ1n) is 14.7.